The molecule has 1 aromatic rings. The highest BCUT2D eigenvalue weighted by Crippen LogP contribution is 2.38. The quantitative estimate of drug-likeness (QED) is 0.460. The van der Waals surface area contributed by atoms with Crippen molar-refractivity contribution in [3.63, 3.8) is 0 Å². The summed E-state index contributed by atoms with van der Waals surface area (Å²) in [4.78, 5) is 24.5. The normalized spacial score (nSPS) is 25.8. The second kappa shape index (κ2) is 7.76. The first-order chi connectivity index (χ1) is 12.5. The molecule has 1 saturated carbocycles. The number of nitrogen functional groups attached to an aromatic ring is 1. The molecular weight excluding hydrogens is 332 g/mol. The molecule has 1 aromatic carbocycles. The van der Waals surface area contributed by atoms with E-state index in [2.05, 4.69) is 17.4 Å². The van der Waals surface area contributed by atoms with E-state index in [0.29, 0.717) is 18.4 Å². The second-order valence-electron chi connectivity index (χ2n) is 7.24. The number of amidine groups is 1. The predicted molar refractivity (Wildman–Crippen MR) is 98.3 cm³/mol. The number of hydrogen-bond acceptors (Lipinski definition) is 3. The van der Waals surface area contributed by atoms with E-state index < -0.39 is 5.97 Å². The van der Waals surface area contributed by atoms with E-state index in [0.717, 1.165) is 31.2 Å². The highest BCUT2D eigenvalue weighted by molar-refractivity contribution is 5.94. The van der Waals surface area contributed by atoms with Gasteiger partial charge in [0.05, 0.1) is 12.5 Å². The third-order valence-electron chi connectivity index (χ3n) is 5.70. The molecule has 26 heavy (non-hydrogen) atoms. The van der Waals surface area contributed by atoms with Crippen molar-refractivity contribution in [2.45, 2.75) is 44.1 Å². The highest BCUT2D eigenvalue weighted by Gasteiger charge is 2.38. The molecular formula is C19H26N4O3. The van der Waals surface area contributed by atoms with Crippen molar-refractivity contribution in [3.8, 4) is 0 Å². The Morgan fingerprint density at radius 1 is 1.23 bits per heavy atom. The van der Waals surface area contributed by atoms with Crippen molar-refractivity contribution in [2.24, 2.45) is 11.7 Å². The third kappa shape index (κ3) is 3.98. The van der Waals surface area contributed by atoms with Crippen LogP contribution < -0.4 is 11.1 Å². The van der Waals surface area contributed by atoms with E-state index in [4.69, 9.17) is 16.2 Å². The molecule has 140 valence electrons. The van der Waals surface area contributed by atoms with Gasteiger partial charge in [-0.05, 0) is 43.1 Å². The fraction of sp³-hybridized carbons (Fsp3) is 0.526. The number of rotatable bonds is 6. The zero-order valence-corrected chi connectivity index (χ0v) is 14.8. The number of nitrogens with two attached hydrogens (primary N) is 1. The zero-order chi connectivity index (χ0) is 18.7. The first-order valence-electron chi connectivity index (χ1n) is 9.16. The lowest BCUT2D eigenvalue weighted by Crippen LogP contribution is -2.41. The number of urea groups is 1. The van der Waals surface area contributed by atoms with Gasteiger partial charge in [0.25, 0.3) is 0 Å². The number of hydrogen-bond donors (Lipinski definition) is 4. The van der Waals surface area contributed by atoms with Gasteiger partial charge in [-0.2, -0.15) is 0 Å². The summed E-state index contributed by atoms with van der Waals surface area (Å²) in [7, 11) is 0. The van der Waals surface area contributed by atoms with E-state index in [1.54, 1.807) is 4.90 Å². The number of benzene rings is 1. The maximum absolute atomic E-state index is 12.0. The van der Waals surface area contributed by atoms with Gasteiger partial charge in [0.1, 0.15) is 5.84 Å². The van der Waals surface area contributed by atoms with Crippen molar-refractivity contribution < 1.29 is 14.7 Å². The van der Waals surface area contributed by atoms with Gasteiger partial charge in [0.15, 0.2) is 0 Å². The van der Waals surface area contributed by atoms with Crippen molar-refractivity contribution >= 4 is 17.8 Å². The molecule has 3 rings (SSSR count). The van der Waals surface area contributed by atoms with E-state index in [1.807, 2.05) is 12.1 Å². The van der Waals surface area contributed by atoms with Crippen molar-refractivity contribution in [3.05, 3.63) is 35.4 Å². The Balaban J connectivity index is 1.58. The van der Waals surface area contributed by atoms with Crippen LogP contribution in [0.1, 0.15) is 49.1 Å². The van der Waals surface area contributed by atoms with Gasteiger partial charge in [-0.25, -0.2) is 4.79 Å². The Hall–Kier alpha value is -2.57. The monoisotopic (exact) mass is 358 g/mol. The third-order valence-corrected chi connectivity index (χ3v) is 5.70. The van der Waals surface area contributed by atoms with Gasteiger partial charge >= 0.3 is 12.0 Å². The van der Waals surface area contributed by atoms with Gasteiger partial charge < -0.3 is 21.1 Å². The standard InChI is InChI=1S/C19H26N4O3/c20-18(21)15-7-3-13(4-8-15)12-1-5-14(6-2-12)16-11-22-19(26)23(16)10-9-17(24)25/h3-4,7-8,12,14,16H,1-2,5-6,9-11H2,(H3,20,21)(H,22,26)(H,24,25). The highest BCUT2D eigenvalue weighted by atomic mass is 16.4. The molecule has 7 heteroatoms. The lowest BCUT2D eigenvalue weighted by Gasteiger charge is -2.35. The summed E-state index contributed by atoms with van der Waals surface area (Å²) >= 11 is 0. The minimum absolute atomic E-state index is 0.0121. The first-order valence-corrected chi connectivity index (χ1v) is 9.16. The molecule has 0 radical (unpaired) electrons. The molecule has 1 heterocycles. The number of carbonyl (C=O) groups excluding carboxylic acids is 1. The minimum Gasteiger partial charge on any atom is -0.481 e. The number of amides is 2. The van der Waals surface area contributed by atoms with Crippen molar-refractivity contribution in [2.75, 3.05) is 13.1 Å². The number of carboxylic acid groups (broad SMARTS) is 1. The SMILES string of the molecule is N=C(N)c1ccc(C2CCC(C3CNC(=O)N3CCC(=O)O)CC2)cc1. The summed E-state index contributed by atoms with van der Waals surface area (Å²) in [6, 6.07) is 7.87. The molecule has 1 unspecified atom stereocenters. The molecule has 7 nitrogen and oxygen atoms in total. The van der Waals surface area contributed by atoms with Crippen molar-refractivity contribution in [1.29, 1.82) is 5.41 Å². The summed E-state index contributed by atoms with van der Waals surface area (Å²) in [6.45, 7) is 0.888. The summed E-state index contributed by atoms with van der Waals surface area (Å²) in [5, 5.41) is 19.2. The van der Waals surface area contributed by atoms with Crippen LogP contribution in [0.4, 0.5) is 4.79 Å². The Morgan fingerprint density at radius 3 is 2.46 bits per heavy atom. The summed E-state index contributed by atoms with van der Waals surface area (Å²) < 4.78 is 0. The number of carbonyl (C=O) groups is 2. The molecule has 0 spiro atoms. The maximum Gasteiger partial charge on any atom is 0.317 e. The van der Waals surface area contributed by atoms with Crippen LogP contribution in [0, 0.1) is 11.3 Å². The molecule has 0 aromatic heterocycles. The largest absolute Gasteiger partial charge is 0.481 e. The van der Waals surface area contributed by atoms with Crippen LogP contribution in [0.2, 0.25) is 0 Å². The number of aliphatic carboxylic acids is 1. The lowest BCUT2D eigenvalue weighted by atomic mass is 9.75. The Bertz CT molecular complexity index is 681. The smallest absolute Gasteiger partial charge is 0.317 e. The number of nitrogens with zero attached hydrogens (tertiary/aromatic N) is 1. The molecule has 0 bridgehead atoms. The van der Waals surface area contributed by atoms with Crippen LogP contribution in [0.5, 0.6) is 0 Å². The van der Waals surface area contributed by atoms with Crippen LogP contribution in [0.3, 0.4) is 0 Å². The van der Waals surface area contributed by atoms with Gasteiger partial charge in [0.2, 0.25) is 0 Å². The predicted octanol–water partition coefficient (Wildman–Crippen LogP) is 2.11. The number of nitrogens with one attached hydrogen (secondary N) is 2. The van der Waals surface area contributed by atoms with Gasteiger partial charge in [-0.3, -0.25) is 10.2 Å². The number of carboxylic acids is 1. The molecule has 1 saturated heterocycles. The van der Waals surface area contributed by atoms with Crippen LogP contribution in [-0.4, -0.2) is 47.0 Å². The average molecular weight is 358 g/mol. The van der Waals surface area contributed by atoms with Crippen LogP contribution in [0.15, 0.2) is 24.3 Å². The Labute approximate surface area is 153 Å². The molecule has 2 fully saturated rings. The fourth-order valence-corrected chi connectivity index (χ4v) is 4.23. The maximum atomic E-state index is 12.0. The molecule has 1 aliphatic heterocycles. The average Bonchev–Trinajstić information content (AvgIpc) is 3.01. The molecule has 2 aliphatic rings. The summed E-state index contributed by atoms with van der Waals surface area (Å²) in [5.74, 6) is 0.113. The molecule has 1 aliphatic carbocycles. The van der Waals surface area contributed by atoms with Gasteiger partial charge in [-0.15, -0.1) is 0 Å². The zero-order valence-electron chi connectivity index (χ0n) is 14.8. The fourth-order valence-electron chi connectivity index (χ4n) is 4.23. The van der Waals surface area contributed by atoms with Crippen LogP contribution in [-0.2, 0) is 4.79 Å². The van der Waals surface area contributed by atoms with E-state index in [-0.39, 0.29) is 30.9 Å². The lowest BCUT2D eigenvalue weighted by molar-refractivity contribution is -0.137. The van der Waals surface area contributed by atoms with E-state index >= 15 is 0 Å². The van der Waals surface area contributed by atoms with Crippen LogP contribution in [0.25, 0.3) is 0 Å². The molecule has 5 N–H and O–H groups in total. The van der Waals surface area contributed by atoms with Gasteiger partial charge in [-0.1, -0.05) is 24.3 Å². The second-order valence-corrected chi connectivity index (χ2v) is 7.24. The van der Waals surface area contributed by atoms with Gasteiger partial charge in [0, 0.05) is 18.7 Å². The van der Waals surface area contributed by atoms with Crippen LogP contribution >= 0.6 is 0 Å². The Kier molecular flexibility index (Phi) is 5.44. The minimum atomic E-state index is -0.874. The van der Waals surface area contributed by atoms with E-state index in [9.17, 15) is 9.59 Å². The molecule has 2 amide bonds. The Morgan fingerprint density at radius 2 is 1.88 bits per heavy atom. The molecule has 1 atom stereocenters. The first kappa shape index (κ1) is 18.2. The summed E-state index contributed by atoms with van der Waals surface area (Å²) in [5.41, 5.74) is 7.52. The topological polar surface area (TPSA) is 120 Å². The van der Waals surface area contributed by atoms with E-state index in [1.165, 1.54) is 5.56 Å². The summed E-state index contributed by atoms with van der Waals surface area (Å²) in [6.07, 6.45) is 4.16. The van der Waals surface area contributed by atoms with Crippen molar-refractivity contribution in [1.82, 2.24) is 10.2 Å².